The lowest BCUT2D eigenvalue weighted by atomic mass is 10.0. The number of ether oxygens (including phenoxy) is 1. The number of rotatable bonds is 3. The van der Waals surface area contributed by atoms with Gasteiger partial charge >= 0.3 is 6.18 Å². The van der Waals surface area contributed by atoms with E-state index in [1.807, 2.05) is 6.92 Å². The van der Waals surface area contributed by atoms with Crippen LogP contribution in [0.3, 0.4) is 0 Å². The Morgan fingerprint density at radius 3 is 2.83 bits per heavy atom. The summed E-state index contributed by atoms with van der Waals surface area (Å²) >= 11 is 0. The van der Waals surface area contributed by atoms with E-state index in [-0.39, 0.29) is 12.1 Å². The van der Waals surface area contributed by atoms with Crippen molar-refractivity contribution < 1.29 is 17.9 Å². The molecule has 3 aromatic heterocycles. The highest BCUT2D eigenvalue weighted by atomic mass is 19.4. The van der Waals surface area contributed by atoms with Gasteiger partial charge in [0.1, 0.15) is 30.5 Å². The van der Waals surface area contributed by atoms with Crippen LogP contribution in [-0.2, 0) is 17.5 Å². The Morgan fingerprint density at radius 1 is 1.23 bits per heavy atom. The van der Waals surface area contributed by atoms with Crippen LogP contribution in [0.15, 0.2) is 37.1 Å². The summed E-state index contributed by atoms with van der Waals surface area (Å²) in [6, 6.07) is 3.70. The molecule has 4 heterocycles. The maximum absolute atomic E-state index is 13.4. The van der Waals surface area contributed by atoms with Gasteiger partial charge in [0.2, 0.25) is 0 Å². The van der Waals surface area contributed by atoms with E-state index in [4.69, 9.17) is 9.72 Å². The summed E-state index contributed by atoms with van der Waals surface area (Å²) in [5.41, 5.74) is 1.04. The number of hydrogen-bond acceptors (Lipinski definition) is 5. The lowest BCUT2D eigenvalue weighted by molar-refractivity contribution is -0.137. The van der Waals surface area contributed by atoms with Gasteiger partial charge in [-0.15, -0.1) is 0 Å². The molecule has 1 aromatic carbocycles. The van der Waals surface area contributed by atoms with Gasteiger partial charge in [-0.2, -0.15) is 18.3 Å². The molecule has 0 aliphatic carbocycles. The van der Waals surface area contributed by atoms with E-state index < -0.39 is 11.7 Å². The monoisotopic (exact) mass is 416 g/mol. The molecule has 10 heteroatoms. The second kappa shape index (κ2) is 7.05. The highest BCUT2D eigenvalue weighted by Gasteiger charge is 2.32. The van der Waals surface area contributed by atoms with Crippen LogP contribution in [0.2, 0.25) is 0 Å². The first-order valence-corrected chi connectivity index (χ1v) is 9.71. The average molecular weight is 416 g/mol. The van der Waals surface area contributed by atoms with E-state index >= 15 is 0 Å². The number of imidazole rings is 1. The zero-order valence-corrected chi connectivity index (χ0v) is 16.2. The van der Waals surface area contributed by atoms with Crippen LogP contribution in [0.1, 0.15) is 37.2 Å². The summed E-state index contributed by atoms with van der Waals surface area (Å²) in [6.45, 7) is 2.95. The van der Waals surface area contributed by atoms with Crippen LogP contribution < -0.4 is 0 Å². The fourth-order valence-electron chi connectivity index (χ4n) is 4.17. The third kappa shape index (κ3) is 3.30. The van der Waals surface area contributed by atoms with Gasteiger partial charge in [-0.25, -0.2) is 14.6 Å². The Morgan fingerprint density at radius 2 is 2.10 bits per heavy atom. The molecule has 0 N–H and O–H groups in total. The zero-order valence-electron chi connectivity index (χ0n) is 16.2. The topological polar surface area (TPSA) is 70.7 Å². The second-order valence-corrected chi connectivity index (χ2v) is 7.57. The Balaban J connectivity index is 1.76. The third-order valence-electron chi connectivity index (χ3n) is 5.51. The lowest BCUT2D eigenvalue weighted by Crippen LogP contribution is -2.27. The van der Waals surface area contributed by atoms with Crippen LogP contribution in [0.5, 0.6) is 0 Å². The smallest absolute Gasteiger partial charge is 0.378 e. The minimum Gasteiger partial charge on any atom is -0.378 e. The van der Waals surface area contributed by atoms with E-state index in [1.165, 1.54) is 18.5 Å². The minimum absolute atomic E-state index is 0.0532. The number of halogens is 3. The molecular weight excluding hydrogens is 397 g/mol. The normalized spacial score (nSPS) is 20.3. The summed E-state index contributed by atoms with van der Waals surface area (Å²) in [5, 5.41) is 4.60. The molecule has 1 aliphatic rings. The molecule has 0 radical (unpaired) electrons. The van der Waals surface area contributed by atoms with Crippen molar-refractivity contribution in [3.05, 3.63) is 48.4 Å². The molecule has 7 nitrogen and oxygen atoms in total. The number of nitrogens with zero attached hydrogens (tertiary/aromatic N) is 6. The molecule has 0 unspecified atom stereocenters. The molecule has 0 saturated carbocycles. The molecule has 0 bridgehead atoms. The summed E-state index contributed by atoms with van der Waals surface area (Å²) in [7, 11) is 0. The predicted molar refractivity (Wildman–Crippen MR) is 103 cm³/mol. The van der Waals surface area contributed by atoms with Gasteiger partial charge in [-0.3, -0.25) is 4.98 Å². The van der Waals surface area contributed by atoms with Crippen molar-refractivity contribution in [1.82, 2.24) is 29.3 Å². The predicted octanol–water partition coefficient (Wildman–Crippen LogP) is 3.98. The summed E-state index contributed by atoms with van der Waals surface area (Å²) in [4.78, 5) is 13.0. The first-order chi connectivity index (χ1) is 14.4. The first kappa shape index (κ1) is 19.0. The number of benzene rings is 1. The maximum Gasteiger partial charge on any atom is 0.416 e. The maximum atomic E-state index is 13.4. The molecule has 1 fully saturated rings. The third-order valence-corrected chi connectivity index (χ3v) is 5.51. The fourth-order valence-corrected chi connectivity index (χ4v) is 4.17. The number of fused-ring (bicyclic) bond motifs is 3. The zero-order chi connectivity index (χ0) is 20.9. The Bertz CT molecular complexity index is 1200. The summed E-state index contributed by atoms with van der Waals surface area (Å²) < 4.78 is 49.6. The van der Waals surface area contributed by atoms with Crippen molar-refractivity contribution in [2.24, 2.45) is 0 Å². The molecule has 156 valence electrons. The van der Waals surface area contributed by atoms with E-state index in [1.54, 1.807) is 17.2 Å². The van der Waals surface area contributed by atoms with Crippen molar-refractivity contribution in [3.8, 4) is 0 Å². The second-order valence-electron chi connectivity index (χ2n) is 7.57. The Hall–Kier alpha value is -3.01. The standard InChI is InChI=1S/C20H19F3N6O/c1-12-6-14(4-5-30-12)29-18(9-28-11-24-10-26-28)27-17-8-25-16-3-2-13(20(21,22)23)7-15(16)19(17)29/h2-3,7-8,10-12,14H,4-6,9H2,1H3/t12-,14-/m1/s1. The number of hydrogen-bond donors (Lipinski definition) is 0. The average Bonchev–Trinajstić information content (AvgIpc) is 3.34. The van der Waals surface area contributed by atoms with Crippen LogP contribution >= 0.6 is 0 Å². The fraction of sp³-hybridized carbons (Fsp3) is 0.400. The number of alkyl halides is 3. The van der Waals surface area contributed by atoms with E-state index in [0.29, 0.717) is 40.9 Å². The van der Waals surface area contributed by atoms with E-state index in [9.17, 15) is 13.2 Å². The summed E-state index contributed by atoms with van der Waals surface area (Å²) in [5.74, 6) is 0.710. The van der Waals surface area contributed by atoms with Crippen molar-refractivity contribution in [2.45, 2.75) is 44.6 Å². The molecule has 0 amide bonds. The molecule has 4 aromatic rings. The van der Waals surface area contributed by atoms with Crippen molar-refractivity contribution >= 4 is 21.9 Å². The van der Waals surface area contributed by atoms with Gasteiger partial charge in [0, 0.05) is 18.0 Å². The number of aromatic nitrogens is 6. The van der Waals surface area contributed by atoms with Crippen molar-refractivity contribution in [2.75, 3.05) is 6.61 Å². The summed E-state index contributed by atoms with van der Waals surface area (Å²) in [6.07, 6.45) is 1.78. The van der Waals surface area contributed by atoms with E-state index in [0.717, 1.165) is 18.9 Å². The van der Waals surface area contributed by atoms with Crippen LogP contribution in [0.4, 0.5) is 13.2 Å². The quantitative estimate of drug-likeness (QED) is 0.505. The van der Waals surface area contributed by atoms with Gasteiger partial charge in [-0.1, -0.05) is 0 Å². The van der Waals surface area contributed by atoms with Crippen LogP contribution in [-0.4, -0.2) is 42.0 Å². The molecule has 2 atom stereocenters. The Kier molecular flexibility index (Phi) is 4.46. The largest absolute Gasteiger partial charge is 0.416 e. The minimum atomic E-state index is -4.43. The Labute approximate surface area is 169 Å². The lowest BCUT2D eigenvalue weighted by Gasteiger charge is -2.30. The molecule has 1 aliphatic heterocycles. The van der Waals surface area contributed by atoms with Crippen LogP contribution in [0, 0.1) is 0 Å². The van der Waals surface area contributed by atoms with Gasteiger partial charge in [0.05, 0.1) is 28.9 Å². The molecule has 1 saturated heterocycles. The van der Waals surface area contributed by atoms with Gasteiger partial charge in [-0.05, 0) is 38.0 Å². The van der Waals surface area contributed by atoms with Crippen molar-refractivity contribution in [3.63, 3.8) is 0 Å². The van der Waals surface area contributed by atoms with Gasteiger partial charge in [0.15, 0.2) is 0 Å². The van der Waals surface area contributed by atoms with Crippen LogP contribution in [0.25, 0.3) is 21.9 Å². The SMILES string of the molecule is C[C@@H]1C[C@H](n2c(Cn3cncn3)nc3cnc4ccc(C(F)(F)F)cc4c32)CCO1. The molecule has 0 spiro atoms. The highest BCUT2D eigenvalue weighted by molar-refractivity contribution is 6.02. The van der Waals surface area contributed by atoms with Gasteiger partial charge in [0.25, 0.3) is 0 Å². The van der Waals surface area contributed by atoms with Gasteiger partial charge < -0.3 is 9.30 Å². The molecule has 5 rings (SSSR count). The first-order valence-electron chi connectivity index (χ1n) is 9.71. The van der Waals surface area contributed by atoms with E-state index in [2.05, 4.69) is 19.6 Å². The number of pyridine rings is 1. The molecular formula is C20H19F3N6O. The molecule has 30 heavy (non-hydrogen) atoms. The van der Waals surface area contributed by atoms with Crippen molar-refractivity contribution in [1.29, 1.82) is 0 Å². The highest BCUT2D eigenvalue weighted by Crippen LogP contribution is 2.36.